The summed E-state index contributed by atoms with van der Waals surface area (Å²) in [5.41, 5.74) is 0.197. The average Bonchev–Trinajstić information content (AvgIpc) is 2.77. The monoisotopic (exact) mass is 252 g/mol. The topological polar surface area (TPSA) is 54.9 Å². The zero-order chi connectivity index (χ0) is 12.3. The van der Waals surface area contributed by atoms with Gasteiger partial charge in [-0.05, 0) is 17.9 Å². The van der Waals surface area contributed by atoms with E-state index in [-0.39, 0.29) is 11.2 Å². The first-order chi connectivity index (χ1) is 8.24. The Morgan fingerprint density at radius 1 is 1.29 bits per heavy atom. The quantitative estimate of drug-likeness (QED) is 0.830. The Labute approximate surface area is 103 Å². The number of hydrogen-bond donors (Lipinski definition) is 1. The Morgan fingerprint density at radius 2 is 2.12 bits per heavy atom. The Balaban J connectivity index is 2.30. The van der Waals surface area contributed by atoms with Crippen molar-refractivity contribution in [1.82, 2.24) is 9.55 Å². The predicted molar refractivity (Wildman–Crippen MR) is 70.8 cm³/mol. The Kier molecular flexibility index (Phi) is 3.78. The third kappa shape index (κ3) is 2.49. The lowest BCUT2D eigenvalue weighted by Crippen LogP contribution is -2.29. The number of fused-ring (bicyclic) bond motifs is 1. The molecule has 2 heterocycles. The van der Waals surface area contributed by atoms with Gasteiger partial charge in [0.25, 0.3) is 5.56 Å². The summed E-state index contributed by atoms with van der Waals surface area (Å²) in [5, 5.41) is 1.85. The zero-order valence-corrected chi connectivity index (χ0v) is 10.7. The van der Waals surface area contributed by atoms with E-state index in [0.29, 0.717) is 11.2 Å². The molecule has 0 saturated heterocycles. The molecular formula is C12H16N2O2S. The summed E-state index contributed by atoms with van der Waals surface area (Å²) in [4.78, 5) is 25.6. The van der Waals surface area contributed by atoms with Crippen LogP contribution in [0.3, 0.4) is 0 Å². The van der Waals surface area contributed by atoms with Gasteiger partial charge in [-0.25, -0.2) is 4.79 Å². The SMILES string of the molecule is CCCCCCn1c(=O)[nH]c(=O)c2sccc21. The molecule has 5 heteroatoms. The highest BCUT2D eigenvalue weighted by atomic mass is 32.1. The third-order valence-electron chi connectivity index (χ3n) is 2.84. The van der Waals surface area contributed by atoms with Gasteiger partial charge in [0.05, 0.1) is 5.52 Å². The molecule has 2 aromatic rings. The van der Waals surface area contributed by atoms with Crippen LogP contribution in [-0.4, -0.2) is 9.55 Å². The van der Waals surface area contributed by atoms with Gasteiger partial charge in [-0.1, -0.05) is 26.2 Å². The first-order valence-corrected chi connectivity index (χ1v) is 6.82. The minimum absolute atomic E-state index is 0.273. The van der Waals surface area contributed by atoms with Gasteiger partial charge < -0.3 is 0 Å². The van der Waals surface area contributed by atoms with Crippen molar-refractivity contribution in [1.29, 1.82) is 0 Å². The van der Waals surface area contributed by atoms with Crippen molar-refractivity contribution < 1.29 is 0 Å². The summed E-state index contributed by atoms with van der Waals surface area (Å²) >= 11 is 1.38. The Morgan fingerprint density at radius 3 is 2.88 bits per heavy atom. The van der Waals surface area contributed by atoms with Crippen molar-refractivity contribution in [2.75, 3.05) is 0 Å². The van der Waals surface area contributed by atoms with Crippen LogP contribution in [0, 0.1) is 0 Å². The summed E-state index contributed by atoms with van der Waals surface area (Å²) in [6.45, 7) is 2.84. The number of nitrogens with zero attached hydrogens (tertiary/aromatic N) is 1. The average molecular weight is 252 g/mol. The van der Waals surface area contributed by atoms with E-state index >= 15 is 0 Å². The van der Waals surface area contributed by atoms with E-state index in [2.05, 4.69) is 11.9 Å². The molecule has 0 amide bonds. The zero-order valence-electron chi connectivity index (χ0n) is 9.86. The molecule has 0 unspecified atom stereocenters. The molecule has 0 aromatic carbocycles. The van der Waals surface area contributed by atoms with E-state index in [4.69, 9.17) is 0 Å². The Bertz CT molecular complexity index is 609. The molecule has 0 aliphatic rings. The smallest absolute Gasteiger partial charge is 0.292 e. The van der Waals surface area contributed by atoms with Crippen LogP contribution in [0.5, 0.6) is 0 Å². The van der Waals surface area contributed by atoms with Crippen LogP contribution < -0.4 is 11.2 Å². The second kappa shape index (κ2) is 5.31. The van der Waals surface area contributed by atoms with E-state index in [9.17, 15) is 9.59 Å². The molecule has 17 heavy (non-hydrogen) atoms. The van der Waals surface area contributed by atoms with Crippen LogP contribution >= 0.6 is 11.3 Å². The maximum absolute atomic E-state index is 11.7. The molecule has 0 bridgehead atoms. The van der Waals surface area contributed by atoms with E-state index in [1.807, 2.05) is 11.4 Å². The molecule has 0 saturated carbocycles. The van der Waals surface area contributed by atoms with E-state index < -0.39 is 0 Å². The standard InChI is InChI=1S/C12H16N2O2S/c1-2-3-4-5-7-14-9-6-8-17-10(9)11(15)13-12(14)16/h6,8H,2-5,7H2,1H3,(H,13,15,16). The molecule has 0 atom stereocenters. The summed E-state index contributed by atoms with van der Waals surface area (Å²) in [6, 6.07) is 1.84. The van der Waals surface area contributed by atoms with Crippen LogP contribution in [0.1, 0.15) is 32.6 Å². The maximum atomic E-state index is 11.7. The Hall–Kier alpha value is -1.36. The second-order valence-electron chi connectivity index (χ2n) is 4.11. The van der Waals surface area contributed by atoms with Crippen molar-refractivity contribution in [2.24, 2.45) is 0 Å². The highest BCUT2D eigenvalue weighted by Gasteiger charge is 2.07. The van der Waals surface area contributed by atoms with Gasteiger partial charge in [0.1, 0.15) is 4.70 Å². The molecule has 92 valence electrons. The number of aromatic nitrogens is 2. The number of rotatable bonds is 5. The maximum Gasteiger partial charge on any atom is 0.328 e. The summed E-state index contributed by atoms with van der Waals surface area (Å²) in [7, 11) is 0. The number of H-pyrrole nitrogens is 1. The number of hydrogen-bond acceptors (Lipinski definition) is 3. The van der Waals surface area contributed by atoms with Crippen molar-refractivity contribution in [3.05, 3.63) is 32.3 Å². The third-order valence-corrected chi connectivity index (χ3v) is 3.74. The van der Waals surface area contributed by atoms with Crippen molar-refractivity contribution in [2.45, 2.75) is 39.2 Å². The normalized spacial score (nSPS) is 11.1. The first kappa shape index (κ1) is 12.1. The highest BCUT2D eigenvalue weighted by molar-refractivity contribution is 7.17. The van der Waals surface area contributed by atoms with E-state index in [1.54, 1.807) is 4.57 Å². The van der Waals surface area contributed by atoms with Crippen LogP contribution in [0.2, 0.25) is 0 Å². The summed E-state index contributed by atoms with van der Waals surface area (Å²) < 4.78 is 2.31. The first-order valence-electron chi connectivity index (χ1n) is 5.94. The minimum Gasteiger partial charge on any atom is -0.292 e. The van der Waals surface area contributed by atoms with Gasteiger partial charge in [0, 0.05) is 6.54 Å². The number of nitrogens with one attached hydrogen (secondary N) is 1. The van der Waals surface area contributed by atoms with E-state index in [0.717, 1.165) is 18.4 Å². The van der Waals surface area contributed by atoms with Crippen molar-refractivity contribution >= 4 is 21.6 Å². The predicted octanol–water partition coefficient (Wildman–Crippen LogP) is 2.33. The number of aryl methyl sites for hydroxylation is 1. The van der Waals surface area contributed by atoms with E-state index in [1.165, 1.54) is 24.2 Å². The molecule has 2 aromatic heterocycles. The largest absolute Gasteiger partial charge is 0.328 e. The van der Waals surface area contributed by atoms with Gasteiger partial charge in [-0.2, -0.15) is 0 Å². The molecule has 2 rings (SSSR count). The molecule has 4 nitrogen and oxygen atoms in total. The number of thiophene rings is 1. The van der Waals surface area contributed by atoms with Crippen molar-refractivity contribution in [3.8, 4) is 0 Å². The molecule has 0 aliphatic heterocycles. The highest BCUT2D eigenvalue weighted by Crippen LogP contribution is 2.15. The summed E-state index contributed by atoms with van der Waals surface area (Å²) in [6.07, 6.45) is 4.46. The fourth-order valence-corrected chi connectivity index (χ4v) is 2.72. The van der Waals surface area contributed by atoms with Crippen LogP contribution in [0.4, 0.5) is 0 Å². The van der Waals surface area contributed by atoms with Crippen LogP contribution in [-0.2, 0) is 6.54 Å². The molecule has 0 spiro atoms. The van der Waals surface area contributed by atoms with Crippen molar-refractivity contribution in [3.63, 3.8) is 0 Å². The lowest BCUT2D eigenvalue weighted by atomic mass is 10.2. The molecule has 0 radical (unpaired) electrons. The molecule has 1 N–H and O–H groups in total. The van der Waals surface area contributed by atoms with Crippen LogP contribution in [0.15, 0.2) is 21.0 Å². The van der Waals surface area contributed by atoms with Gasteiger partial charge in [-0.15, -0.1) is 11.3 Å². The van der Waals surface area contributed by atoms with Gasteiger partial charge in [0.15, 0.2) is 0 Å². The van der Waals surface area contributed by atoms with Gasteiger partial charge in [-0.3, -0.25) is 14.3 Å². The summed E-state index contributed by atoms with van der Waals surface area (Å²) in [5.74, 6) is 0. The fraction of sp³-hybridized carbons (Fsp3) is 0.500. The molecule has 0 fully saturated rings. The second-order valence-corrected chi connectivity index (χ2v) is 5.02. The molecular weight excluding hydrogens is 236 g/mol. The van der Waals surface area contributed by atoms with Crippen LogP contribution in [0.25, 0.3) is 10.2 Å². The molecule has 0 aliphatic carbocycles. The van der Waals surface area contributed by atoms with Gasteiger partial charge >= 0.3 is 5.69 Å². The minimum atomic E-state index is -0.294. The lowest BCUT2D eigenvalue weighted by molar-refractivity contribution is 0.574. The lowest BCUT2D eigenvalue weighted by Gasteiger charge is -2.06. The fourth-order valence-electron chi connectivity index (χ4n) is 1.93. The van der Waals surface area contributed by atoms with Gasteiger partial charge in [0.2, 0.25) is 0 Å². The number of unbranched alkanes of at least 4 members (excludes halogenated alkanes) is 3. The number of aromatic amines is 1.